The van der Waals surface area contributed by atoms with Gasteiger partial charge >= 0.3 is 0 Å². The van der Waals surface area contributed by atoms with E-state index in [2.05, 4.69) is 157 Å². The summed E-state index contributed by atoms with van der Waals surface area (Å²) in [6, 6.07) is 32.4. The maximum absolute atomic E-state index is 7.51. The second-order valence-corrected chi connectivity index (χ2v) is 19.0. The van der Waals surface area contributed by atoms with Gasteiger partial charge in [-0.25, -0.2) is 0 Å². The van der Waals surface area contributed by atoms with Gasteiger partial charge in [-0.05, 0) is 61.0 Å². The van der Waals surface area contributed by atoms with Crippen LogP contribution in [0, 0.1) is 11.3 Å². The molecule has 0 N–H and O–H groups in total. The molecule has 2 fully saturated rings. The van der Waals surface area contributed by atoms with E-state index in [1.54, 1.807) is 0 Å². The van der Waals surface area contributed by atoms with E-state index < -0.39 is 19.6 Å². The molecular formula is C39H49NO2SSi. The van der Waals surface area contributed by atoms with Crippen LogP contribution >= 0.6 is 12.2 Å². The zero-order valence-corrected chi connectivity index (χ0v) is 29.2. The van der Waals surface area contributed by atoms with E-state index >= 15 is 0 Å². The summed E-state index contributed by atoms with van der Waals surface area (Å²) in [5.41, 5.74) is -0.0622. The second-order valence-electron chi connectivity index (χ2n) is 14.3. The molecule has 2 heterocycles. The van der Waals surface area contributed by atoms with E-state index in [-0.39, 0.29) is 22.4 Å². The maximum Gasteiger partial charge on any atom is 0.261 e. The molecule has 3 nitrogen and oxygen atoms in total. The van der Waals surface area contributed by atoms with Gasteiger partial charge in [0, 0.05) is 17.9 Å². The lowest BCUT2D eigenvalue weighted by Crippen LogP contribution is -2.67. The molecular weight excluding hydrogens is 575 g/mol. The predicted molar refractivity (Wildman–Crippen MR) is 191 cm³/mol. The van der Waals surface area contributed by atoms with Gasteiger partial charge < -0.3 is 14.1 Å². The van der Waals surface area contributed by atoms with Gasteiger partial charge in [0.05, 0.1) is 16.6 Å². The van der Waals surface area contributed by atoms with Gasteiger partial charge in [-0.1, -0.05) is 136 Å². The van der Waals surface area contributed by atoms with E-state index in [0.717, 1.165) is 24.3 Å². The highest BCUT2D eigenvalue weighted by Gasteiger charge is 2.62. The van der Waals surface area contributed by atoms with Crippen LogP contribution in [0.3, 0.4) is 0 Å². The summed E-state index contributed by atoms with van der Waals surface area (Å²) in [4.78, 5) is 3.35. The second kappa shape index (κ2) is 12.2. The number of benzene rings is 3. The highest BCUT2D eigenvalue weighted by molar-refractivity contribution is 7.80. The largest absolute Gasteiger partial charge is 0.407 e. The number of nitrogens with zero attached hydrogens (tertiary/aromatic N) is 1. The molecule has 5 heteroatoms. The normalized spacial score (nSPS) is 25.7. The van der Waals surface area contributed by atoms with E-state index in [0.29, 0.717) is 6.61 Å². The smallest absolute Gasteiger partial charge is 0.261 e. The average molecular weight is 624 g/mol. The summed E-state index contributed by atoms with van der Waals surface area (Å²) in [5, 5.41) is 2.43. The molecule has 232 valence electrons. The van der Waals surface area contributed by atoms with Crippen LogP contribution in [0.15, 0.2) is 116 Å². The number of rotatable bonds is 10. The van der Waals surface area contributed by atoms with Crippen molar-refractivity contribution in [2.45, 2.75) is 83.2 Å². The summed E-state index contributed by atoms with van der Waals surface area (Å²) < 4.78 is 14.4. The first-order chi connectivity index (χ1) is 20.9. The van der Waals surface area contributed by atoms with Crippen LogP contribution < -0.4 is 10.4 Å². The van der Waals surface area contributed by atoms with Crippen molar-refractivity contribution in [3.8, 4) is 0 Å². The molecule has 0 aliphatic carbocycles. The molecule has 2 saturated heterocycles. The van der Waals surface area contributed by atoms with Crippen LogP contribution in [0.5, 0.6) is 0 Å². The van der Waals surface area contributed by atoms with Gasteiger partial charge in [0.25, 0.3) is 8.32 Å². The third kappa shape index (κ3) is 5.36. The molecule has 0 spiro atoms. The number of hydrogen-bond acceptors (Lipinski definition) is 3. The number of piperidine rings is 1. The third-order valence-corrected chi connectivity index (χ3v) is 15.7. The van der Waals surface area contributed by atoms with E-state index in [1.165, 1.54) is 15.9 Å². The Morgan fingerprint density at radius 3 is 1.91 bits per heavy atom. The molecule has 0 saturated carbocycles. The quantitative estimate of drug-likeness (QED) is 0.128. The van der Waals surface area contributed by atoms with Crippen molar-refractivity contribution in [1.29, 1.82) is 0 Å². The topological polar surface area (TPSA) is 21.7 Å². The van der Waals surface area contributed by atoms with Crippen LogP contribution in [0.2, 0.25) is 5.04 Å². The standard InChI is InChI=1S/C39H49NO2SSi/c1-9-26-39(28-27-38(8)40(35(39)43)34(37(6,7)42-38)30-20-14-11-15-21-30)31(10-2)29-41-44(36(3,4)5,32-22-16-12-17-23-32)33-24-18-13-19-25-33/h9-25,31,34H,1-2,26-29H2,3-8H3/t31-,34-,38+,39-/m1/s1. The molecule has 3 aromatic rings. The molecule has 0 bridgehead atoms. The van der Waals surface area contributed by atoms with Crippen LogP contribution in [0.25, 0.3) is 0 Å². The highest BCUT2D eigenvalue weighted by Crippen LogP contribution is 2.58. The van der Waals surface area contributed by atoms with Crippen molar-refractivity contribution in [2.75, 3.05) is 6.61 Å². The fourth-order valence-electron chi connectivity index (χ4n) is 8.12. The van der Waals surface area contributed by atoms with Crippen molar-refractivity contribution >= 4 is 35.9 Å². The first kappa shape index (κ1) is 32.6. The minimum Gasteiger partial charge on any atom is -0.407 e. The number of allylic oxidation sites excluding steroid dienone is 1. The Kier molecular flexibility index (Phi) is 9.00. The van der Waals surface area contributed by atoms with Crippen molar-refractivity contribution in [2.24, 2.45) is 11.3 Å². The minimum absolute atomic E-state index is 0.00578. The molecule has 2 aliphatic rings. The molecule has 44 heavy (non-hydrogen) atoms. The number of thiocarbonyl (C=S) groups is 1. The Labute approximate surface area is 272 Å². The Morgan fingerprint density at radius 1 is 0.909 bits per heavy atom. The molecule has 3 aromatic carbocycles. The van der Waals surface area contributed by atoms with Crippen LogP contribution in [0.1, 0.15) is 72.4 Å². The predicted octanol–water partition coefficient (Wildman–Crippen LogP) is 8.62. The molecule has 0 radical (unpaired) electrons. The molecule has 0 aromatic heterocycles. The number of hydrogen-bond donors (Lipinski definition) is 0. The van der Waals surface area contributed by atoms with E-state index in [4.69, 9.17) is 21.4 Å². The van der Waals surface area contributed by atoms with Crippen molar-refractivity contribution in [3.05, 3.63) is 122 Å². The number of ether oxygens (including phenoxy) is 1. The molecule has 4 atom stereocenters. The van der Waals surface area contributed by atoms with Gasteiger partial charge in [-0.3, -0.25) is 0 Å². The van der Waals surface area contributed by atoms with Gasteiger partial charge in [-0.15, -0.1) is 13.2 Å². The molecule has 5 rings (SSSR count). The number of fused-ring (bicyclic) bond motifs is 1. The monoisotopic (exact) mass is 623 g/mol. The molecule has 2 aliphatic heterocycles. The summed E-state index contributed by atoms with van der Waals surface area (Å²) in [7, 11) is -2.76. The fraction of sp³-hybridized carbons (Fsp3) is 0.410. The van der Waals surface area contributed by atoms with Gasteiger partial charge in [0.15, 0.2) is 0 Å². The lowest BCUT2D eigenvalue weighted by Gasteiger charge is -2.54. The van der Waals surface area contributed by atoms with E-state index in [1.807, 2.05) is 6.08 Å². The van der Waals surface area contributed by atoms with Gasteiger partial charge in [0.2, 0.25) is 0 Å². The average Bonchev–Trinajstić information content (AvgIpc) is 3.23. The summed E-state index contributed by atoms with van der Waals surface area (Å²) in [6.45, 7) is 22.7. The Hall–Kier alpha value is -2.83. The molecule has 0 unspecified atom stereocenters. The Morgan fingerprint density at radius 2 is 1.43 bits per heavy atom. The Bertz CT molecular complexity index is 1430. The zero-order chi connectivity index (χ0) is 31.8. The van der Waals surface area contributed by atoms with Crippen LogP contribution in [0.4, 0.5) is 0 Å². The van der Waals surface area contributed by atoms with Gasteiger partial charge in [0.1, 0.15) is 5.72 Å². The zero-order valence-electron chi connectivity index (χ0n) is 27.4. The lowest BCUT2D eigenvalue weighted by molar-refractivity contribution is -0.122. The summed E-state index contributed by atoms with van der Waals surface area (Å²) in [6.07, 6.45) is 6.62. The maximum atomic E-state index is 7.51. The van der Waals surface area contributed by atoms with Crippen molar-refractivity contribution < 1.29 is 9.16 Å². The highest BCUT2D eigenvalue weighted by atomic mass is 32.1. The lowest BCUT2D eigenvalue weighted by atomic mass is 9.65. The van der Waals surface area contributed by atoms with E-state index in [9.17, 15) is 0 Å². The molecule has 0 amide bonds. The van der Waals surface area contributed by atoms with Crippen LogP contribution in [-0.2, 0) is 9.16 Å². The fourth-order valence-corrected chi connectivity index (χ4v) is 13.3. The van der Waals surface area contributed by atoms with Crippen molar-refractivity contribution in [3.63, 3.8) is 0 Å². The van der Waals surface area contributed by atoms with Crippen LogP contribution in [-0.4, -0.2) is 36.1 Å². The first-order valence-electron chi connectivity index (χ1n) is 15.9. The summed E-state index contributed by atoms with van der Waals surface area (Å²) in [5.74, 6) is -0.0145. The summed E-state index contributed by atoms with van der Waals surface area (Å²) >= 11 is 6.61. The SMILES string of the molecule is C=CC[C@]1([C@H](C=C)CO[Si](c2ccccc2)(c2ccccc2)C(C)(C)C)CC[C@]2(C)OC(C)(C)[C@@H](c3ccccc3)N2C1=S. The van der Waals surface area contributed by atoms with Crippen molar-refractivity contribution in [1.82, 2.24) is 4.90 Å². The Balaban J connectivity index is 1.59. The first-order valence-corrected chi connectivity index (χ1v) is 18.3. The minimum atomic E-state index is -2.76. The third-order valence-electron chi connectivity index (χ3n) is 10.1. The van der Waals surface area contributed by atoms with Gasteiger partial charge in [-0.2, -0.15) is 0 Å².